The van der Waals surface area contributed by atoms with Gasteiger partial charge < -0.3 is 14.1 Å². The van der Waals surface area contributed by atoms with Crippen molar-refractivity contribution in [3.63, 3.8) is 0 Å². The molecule has 0 unspecified atom stereocenters. The van der Waals surface area contributed by atoms with E-state index < -0.39 is 0 Å². The molecule has 0 spiro atoms. The molecule has 3 aromatic heterocycles. The molecule has 0 saturated heterocycles. The predicted octanol–water partition coefficient (Wildman–Crippen LogP) is 1.99. The number of fused-ring (bicyclic) bond motifs is 1. The van der Waals surface area contributed by atoms with E-state index in [0.29, 0.717) is 21.7 Å². The second-order valence-corrected chi connectivity index (χ2v) is 4.99. The van der Waals surface area contributed by atoms with Gasteiger partial charge in [-0.3, -0.25) is 4.79 Å². The minimum absolute atomic E-state index is 0.251. The molecule has 0 fully saturated rings. The van der Waals surface area contributed by atoms with E-state index in [9.17, 15) is 4.79 Å². The van der Waals surface area contributed by atoms with Crippen molar-refractivity contribution >= 4 is 21.6 Å². The van der Waals surface area contributed by atoms with Crippen LogP contribution < -0.4 is 5.56 Å². The molecule has 3 heterocycles. The molecule has 0 bridgehead atoms. The van der Waals surface area contributed by atoms with Crippen molar-refractivity contribution in [2.24, 2.45) is 0 Å². The van der Waals surface area contributed by atoms with Crippen LogP contribution in [-0.2, 0) is 11.3 Å². The first kappa shape index (κ1) is 13.0. The van der Waals surface area contributed by atoms with Crippen LogP contribution in [-0.4, -0.2) is 26.5 Å². The molecule has 0 radical (unpaired) electrons. The fraction of sp³-hybridized carbons (Fsp3) is 0.154. The largest absolute Gasteiger partial charge is 0.378 e. The first-order chi connectivity index (χ1) is 9.69. The second kappa shape index (κ2) is 5.18. The van der Waals surface area contributed by atoms with Gasteiger partial charge in [-0.15, -0.1) is 0 Å². The SMILES string of the molecule is COCc1nc(-c2cn3ccccc3n2)[nH]c(=O)c1Br. The Morgan fingerprint density at radius 3 is 3.00 bits per heavy atom. The van der Waals surface area contributed by atoms with E-state index in [-0.39, 0.29) is 12.2 Å². The Kier molecular flexibility index (Phi) is 3.37. The number of rotatable bonds is 3. The number of aromatic nitrogens is 4. The molecule has 20 heavy (non-hydrogen) atoms. The Balaban J connectivity index is 2.16. The molecule has 3 aromatic rings. The molecule has 0 saturated carbocycles. The first-order valence-electron chi connectivity index (χ1n) is 5.91. The van der Waals surface area contributed by atoms with Gasteiger partial charge in [-0.2, -0.15) is 0 Å². The van der Waals surface area contributed by atoms with Gasteiger partial charge in [0.1, 0.15) is 15.8 Å². The molecule has 0 atom stereocenters. The van der Waals surface area contributed by atoms with E-state index >= 15 is 0 Å². The van der Waals surface area contributed by atoms with Gasteiger partial charge in [0.15, 0.2) is 5.82 Å². The highest BCUT2D eigenvalue weighted by Crippen LogP contribution is 2.17. The summed E-state index contributed by atoms with van der Waals surface area (Å²) >= 11 is 3.21. The Morgan fingerprint density at radius 1 is 1.40 bits per heavy atom. The van der Waals surface area contributed by atoms with Gasteiger partial charge >= 0.3 is 0 Å². The Labute approximate surface area is 122 Å². The summed E-state index contributed by atoms with van der Waals surface area (Å²) in [4.78, 5) is 23.4. The van der Waals surface area contributed by atoms with E-state index in [1.807, 2.05) is 35.0 Å². The fourth-order valence-corrected chi connectivity index (χ4v) is 2.21. The number of methoxy groups -OCH3 is 1. The minimum Gasteiger partial charge on any atom is -0.378 e. The molecule has 0 amide bonds. The minimum atomic E-state index is -0.251. The van der Waals surface area contributed by atoms with E-state index in [1.54, 1.807) is 7.11 Å². The summed E-state index contributed by atoms with van der Waals surface area (Å²) in [6.07, 6.45) is 3.71. The zero-order valence-electron chi connectivity index (χ0n) is 10.6. The smallest absolute Gasteiger partial charge is 0.265 e. The van der Waals surface area contributed by atoms with Crippen LogP contribution in [0.4, 0.5) is 0 Å². The summed E-state index contributed by atoms with van der Waals surface area (Å²) < 4.78 is 7.29. The second-order valence-electron chi connectivity index (χ2n) is 4.20. The molecular weight excluding hydrogens is 324 g/mol. The number of nitrogens with zero attached hydrogens (tertiary/aromatic N) is 3. The van der Waals surface area contributed by atoms with Crippen LogP contribution in [0.3, 0.4) is 0 Å². The third-order valence-corrected chi connectivity index (χ3v) is 3.64. The van der Waals surface area contributed by atoms with Gasteiger partial charge in [0.2, 0.25) is 0 Å². The number of pyridine rings is 1. The van der Waals surface area contributed by atoms with Gasteiger partial charge in [-0.25, -0.2) is 9.97 Å². The highest BCUT2D eigenvalue weighted by Gasteiger charge is 2.12. The standard InChI is InChI=1S/C13H11BrN4O2/c1-20-7-9-11(14)13(19)17-12(16-9)8-6-18-5-3-2-4-10(18)15-8/h2-6H,7H2,1H3,(H,16,17,19). The summed E-state index contributed by atoms with van der Waals surface area (Å²) in [5, 5.41) is 0. The van der Waals surface area contributed by atoms with E-state index in [4.69, 9.17) is 4.74 Å². The molecule has 1 N–H and O–H groups in total. The normalized spacial score (nSPS) is 11.1. The third kappa shape index (κ3) is 2.25. The van der Waals surface area contributed by atoms with Crippen LogP contribution in [0.1, 0.15) is 5.69 Å². The van der Waals surface area contributed by atoms with E-state index in [1.165, 1.54) is 0 Å². The van der Waals surface area contributed by atoms with Crippen molar-refractivity contribution in [2.45, 2.75) is 6.61 Å². The Morgan fingerprint density at radius 2 is 2.25 bits per heavy atom. The lowest BCUT2D eigenvalue weighted by Crippen LogP contribution is -2.14. The Bertz CT molecular complexity index is 792. The van der Waals surface area contributed by atoms with Crippen molar-refractivity contribution in [3.05, 3.63) is 51.1 Å². The lowest BCUT2D eigenvalue weighted by atomic mass is 10.3. The molecule has 0 aliphatic heterocycles. The Hall–Kier alpha value is -1.99. The summed E-state index contributed by atoms with van der Waals surface area (Å²) in [5.74, 6) is 0.425. The highest BCUT2D eigenvalue weighted by molar-refractivity contribution is 9.10. The molecular formula is C13H11BrN4O2. The first-order valence-corrected chi connectivity index (χ1v) is 6.70. The maximum atomic E-state index is 11.9. The van der Waals surface area contributed by atoms with Gasteiger partial charge in [0.25, 0.3) is 5.56 Å². The zero-order chi connectivity index (χ0) is 14.1. The number of imidazole rings is 1. The average Bonchev–Trinajstić information content (AvgIpc) is 2.87. The maximum Gasteiger partial charge on any atom is 0.265 e. The summed E-state index contributed by atoms with van der Waals surface area (Å²) in [5.41, 5.74) is 1.70. The van der Waals surface area contributed by atoms with Crippen LogP contribution in [0.25, 0.3) is 17.2 Å². The number of hydrogen-bond acceptors (Lipinski definition) is 4. The molecule has 0 aliphatic rings. The van der Waals surface area contributed by atoms with Crippen LogP contribution in [0.5, 0.6) is 0 Å². The van der Waals surface area contributed by atoms with Crippen LogP contribution >= 0.6 is 15.9 Å². The molecule has 3 rings (SSSR count). The van der Waals surface area contributed by atoms with E-state index in [2.05, 4.69) is 30.9 Å². The average molecular weight is 335 g/mol. The van der Waals surface area contributed by atoms with Crippen molar-refractivity contribution in [3.8, 4) is 11.5 Å². The molecule has 7 heteroatoms. The van der Waals surface area contributed by atoms with Crippen LogP contribution in [0.15, 0.2) is 39.9 Å². The summed E-state index contributed by atoms with van der Waals surface area (Å²) in [7, 11) is 1.56. The quantitative estimate of drug-likeness (QED) is 0.795. The highest BCUT2D eigenvalue weighted by atomic mass is 79.9. The lowest BCUT2D eigenvalue weighted by Gasteiger charge is -2.03. The number of aromatic amines is 1. The number of H-pyrrole nitrogens is 1. The van der Waals surface area contributed by atoms with Gasteiger partial charge in [-0.1, -0.05) is 6.07 Å². The summed E-state index contributed by atoms with van der Waals surface area (Å²) in [6.45, 7) is 0.255. The fourth-order valence-electron chi connectivity index (χ4n) is 1.91. The maximum absolute atomic E-state index is 11.9. The molecule has 0 aliphatic carbocycles. The third-order valence-electron chi connectivity index (χ3n) is 2.82. The zero-order valence-corrected chi connectivity index (χ0v) is 12.2. The topological polar surface area (TPSA) is 72.3 Å². The van der Waals surface area contributed by atoms with Crippen molar-refractivity contribution in [1.82, 2.24) is 19.4 Å². The van der Waals surface area contributed by atoms with Crippen molar-refractivity contribution < 1.29 is 4.74 Å². The predicted molar refractivity (Wildman–Crippen MR) is 77.5 cm³/mol. The van der Waals surface area contributed by atoms with Gasteiger partial charge in [-0.05, 0) is 28.1 Å². The number of hydrogen-bond donors (Lipinski definition) is 1. The molecule has 0 aromatic carbocycles. The van der Waals surface area contributed by atoms with Gasteiger partial charge in [0, 0.05) is 19.5 Å². The molecule has 6 nitrogen and oxygen atoms in total. The van der Waals surface area contributed by atoms with Crippen LogP contribution in [0.2, 0.25) is 0 Å². The monoisotopic (exact) mass is 334 g/mol. The van der Waals surface area contributed by atoms with Crippen molar-refractivity contribution in [2.75, 3.05) is 7.11 Å². The van der Waals surface area contributed by atoms with Crippen molar-refractivity contribution in [1.29, 1.82) is 0 Å². The van der Waals surface area contributed by atoms with E-state index in [0.717, 1.165) is 5.65 Å². The number of halogens is 1. The van der Waals surface area contributed by atoms with Crippen LogP contribution in [0, 0.1) is 0 Å². The number of nitrogens with one attached hydrogen (secondary N) is 1. The molecule has 102 valence electrons. The lowest BCUT2D eigenvalue weighted by molar-refractivity contribution is 0.180. The number of ether oxygens (including phenoxy) is 1. The van der Waals surface area contributed by atoms with Gasteiger partial charge in [0.05, 0.1) is 12.3 Å². The summed E-state index contributed by atoms with van der Waals surface area (Å²) in [6, 6.07) is 5.70.